The van der Waals surface area contributed by atoms with Crippen LogP contribution in [-0.2, 0) is 27.8 Å². The van der Waals surface area contributed by atoms with Crippen LogP contribution in [0.1, 0.15) is 53.3 Å². The second-order valence-electron chi connectivity index (χ2n) is 10.7. The molecule has 0 saturated heterocycles. The monoisotopic (exact) mass is 527 g/mol. The first kappa shape index (κ1) is 25.8. The predicted molar refractivity (Wildman–Crippen MR) is 158 cm³/mol. The SMILES string of the molecule is CCOC(=O)C1(c2ccc(-c3ccc(-c4onc(C)c4Cc4cccc(Cc5ccccc5)c4)cc3)cc2)CC1. The molecule has 5 aromatic rings. The maximum Gasteiger partial charge on any atom is 0.316 e. The summed E-state index contributed by atoms with van der Waals surface area (Å²) in [7, 11) is 0. The quantitative estimate of drug-likeness (QED) is 0.182. The van der Waals surface area contributed by atoms with E-state index in [1.165, 1.54) is 16.7 Å². The van der Waals surface area contributed by atoms with Crippen LogP contribution in [0.25, 0.3) is 22.5 Å². The fraction of sp³-hybridized carbons (Fsp3) is 0.222. The summed E-state index contributed by atoms with van der Waals surface area (Å²) >= 11 is 0. The largest absolute Gasteiger partial charge is 0.465 e. The lowest BCUT2D eigenvalue weighted by Gasteiger charge is -2.14. The van der Waals surface area contributed by atoms with Crippen LogP contribution in [0.15, 0.2) is 108 Å². The van der Waals surface area contributed by atoms with Crippen molar-refractivity contribution in [2.24, 2.45) is 0 Å². The Bertz CT molecular complexity index is 1610. The van der Waals surface area contributed by atoms with Gasteiger partial charge in [-0.3, -0.25) is 4.79 Å². The molecule has 4 nitrogen and oxygen atoms in total. The van der Waals surface area contributed by atoms with Gasteiger partial charge in [-0.15, -0.1) is 0 Å². The third-order valence-electron chi connectivity index (χ3n) is 7.94. The average molecular weight is 528 g/mol. The molecule has 1 saturated carbocycles. The van der Waals surface area contributed by atoms with Gasteiger partial charge in [0.2, 0.25) is 0 Å². The molecular weight excluding hydrogens is 494 g/mol. The highest BCUT2D eigenvalue weighted by Crippen LogP contribution is 2.49. The number of aryl methyl sites for hydroxylation is 1. The molecule has 200 valence electrons. The molecule has 1 aliphatic rings. The van der Waals surface area contributed by atoms with Crippen molar-refractivity contribution in [1.82, 2.24) is 5.16 Å². The molecule has 1 aromatic heterocycles. The Labute approximate surface area is 235 Å². The molecule has 0 N–H and O–H groups in total. The van der Waals surface area contributed by atoms with Crippen molar-refractivity contribution < 1.29 is 14.1 Å². The van der Waals surface area contributed by atoms with Crippen LogP contribution < -0.4 is 0 Å². The van der Waals surface area contributed by atoms with E-state index in [9.17, 15) is 4.79 Å². The van der Waals surface area contributed by atoms with Crippen molar-refractivity contribution in [1.29, 1.82) is 0 Å². The number of esters is 1. The molecule has 0 aliphatic heterocycles. The zero-order valence-corrected chi connectivity index (χ0v) is 23.0. The minimum atomic E-state index is -0.444. The van der Waals surface area contributed by atoms with Gasteiger partial charge in [0.05, 0.1) is 17.7 Å². The van der Waals surface area contributed by atoms with Gasteiger partial charge in [0.15, 0.2) is 5.76 Å². The number of carbonyl (C=O) groups excluding carboxylic acids is 1. The molecule has 4 aromatic carbocycles. The molecule has 0 radical (unpaired) electrons. The van der Waals surface area contributed by atoms with Gasteiger partial charge < -0.3 is 9.26 Å². The molecule has 0 bridgehead atoms. The Kier molecular flexibility index (Phi) is 7.08. The Morgan fingerprint density at radius 2 is 1.38 bits per heavy atom. The van der Waals surface area contributed by atoms with Crippen LogP contribution in [0.4, 0.5) is 0 Å². The number of aromatic nitrogens is 1. The summed E-state index contributed by atoms with van der Waals surface area (Å²) in [5, 5.41) is 4.31. The van der Waals surface area contributed by atoms with Crippen molar-refractivity contribution in [2.75, 3.05) is 6.61 Å². The summed E-state index contributed by atoms with van der Waals surface area (Å²) in [5.74, 6) is 0.714. The van der Waals surface area contributed by atoms with E-state index in [-0.39, 0.29) is 5.97 Å². The number of hydrogen-bond acceptors (Lipinski definition) is 4. The lowest BCUT2D eigenvalue weighted by molar-refractivity contribution is -0.146. The molecule has 1 aliphatic carbocycles. The lowest BCUT2D eigenvalue weighted by atomic mass is 9.93. The Morgan fingerprint density at radius 1 is 0.775 bits per heavy atom. The van der Waals surface area contributed by atoms with Gasteiger partial charge >= 0.3 is 5.97 Å². The van der Waals surface area contributed by atoms with Gasteiger partial charge in [-0.05, 0) is 66.5 Å². The Morgan fingerprint density at radius 3 is 2.02 bits per heavy atom. The summed E-state index contributed by atoms with van der Waals surface area (Å²) in [6.07, 6.45) is 3.39. The number of hydrogen-bond donors (Lipinski definition) is 0. The van der Waals surface area contributed by atoms with Crippen molar-refractivity contribution >= 4 is 5.97 Å². The topological polar surface area (TPSA) is 52.3 Å². The van der Waals surface area contributed by atoms with Crippen molar-refractivity contribution in [3.8, 4) is 22.5 Å². The zero-order chi connectivity index (χ0) is 27.5. The van der Waals surface area contributed by atoms with Gasteiger partial charge in [0.1, 0.15) is 0 Å². The van der Waals surface area contributed by atoms with Crippen LogP contribution in [0.3, 0.4) is 0 Å². The van der Waals surface area contributed by atoms with Crippen molar-refractivity contribution in [3.05, 3.63) is 137 Å². The number of nitrogens with zero attached hydrogens (tertiary/aromatic N) is 1. The normalized spacial score (nSPS) is 13.7. The van der Waals surface area contributed by atoms with E-state index in [1.807, 2.05) is 13.8 Å². The second-order valence-corrected chi connectivity index (χ2v) is 10.7. The van der Waals surface area contributed by atoms with E-state index in [2.05, 4.69) is 108 Å². The number of benzene rings is 4. The molecule has 0 atom stereocenters. The van der Waals surface area contributed by atoms with E-state index >= 15 is 0 Å². The maximum absolute atomic E-state index is 12.5. The molecule has 1 fully saturated rings. The van der Waals surface area contributed by atoms with Crippen LogP contribution in [0.5, 0.6) is 0 Å². The molecule has 4 heteroatoms. The van der Waals surface area contributed by atoms with Gasteiger partial charge in [-0.1, -0.05) is 108 Å². The fourth-order valence-corrected chi connectivity index (χ4v) is 5.51. The van der Waals surface area contributed by atoms with E-state index < -0.39 is 5.41 Å². The Balaban J connectivity index is 1.19. The summed E-state index contributed by atoms with van der Waals surface area (Å²) < 4.78 is 11.2. The smallest absolute Gasteiger partial charge is 0.316 e. The minimum Gasteiger partial charge on any atom is -0.465 e. The predicted octanol–water partition coefficient (Wildman–Crippen LogP) is 8.09. The van der Waals surface area contributed by atoms with Crippen molar-refractivity contribution in [3.63, 3.8) is 0 Å². The lowest BCUT2D eigenvalue weighted by Crippen LogP contribution is -2.23. The summed E-state index contributed by atoms with van der Waals surface area (Å²) in [6.45, 7) is 4.28. The van der Waals surface area contributed by atoms with Gasteiger partial charge in [0.25, 0.3) is 0 Å². The number of ether oxygens (including phenoxy) is 1. The Hall–Kier alpha value is -4.44. The summed E-state index contributed by atoms with van der Waals surface area (Å²) in [4.78, 5) is 12.5. The zero-order valence-electron chi connectivity index (χ0n) is 23.0. The average Bonchev–Trinajstić information content (AvgIpc) is 3.73. The summed E-state index contributed by atoms with van der Waals surface area (Å²) in [6, 6.07) is 36.1. The van der Waals surface area contributed by atoms with E-state index in [4.69, 9.17) is 9.26 Å². The van der Waals surface area contributed by atoms with Crippen molar-refractivity contribution in [2.45, 2.75) is 44.9 Å². The highest BCUT2D eigenvalue weighted by atomic mass is 16.5. The molecule has 1 heterocycles. The highest BCUT2D eigenvalue weighted by Gasteiger charge is 2.52. The third kappa shape index (κ3) is 5.22. The molecule has 0 unspecified atom stereocenters. The van der Waals surface area contributed by atoms with Crippen LogP contribution in [-0.4, -0.2) is 17.7 Å². The fourth-order valence-electron chi connectivity index (χ4n) is 5.51. The van der Waals surface area contributed by atoms with E-state index in [0.717, 1.165) is 65.0 Å². The molecule has 6 rings (SSSR count). The van der Waals surface area contributed by atoms with Gasteiger partial charge in [-0.25, -0.2) is 0 Å². The number of rotatable bonds is 9. The van der Waals surface area contributed by atoms with Crippen LogP contribution >= 0.6 is 0 Å². The first-order valence-corrected chi connectivity index (χ1v) is 14.0. The highest BCUT2D eigenvalue weighted by molar-refractivity contribution is 5.87. The van der Waals surface area contributed by atoms with Gasteiger partial charge in [-0.2, -0.15) is 0 Å². The first-order valence-electron chi connectivity index (χ1n) is 14.0. The minimum absolute atomic E-state index is 0.104. The van der Waals surface area contributed by atoms with Crippen LogP contribution in [0, 0.1) is 6.92 Å². The molecule has 0 spiro atoms. The maximum atomic E-state index is 12.5. The van der Waals surface area contributed by atoms with Gasteiger partial charge in [0, 0.05) is 17.5 Å². The molecular formula is C36H33NO3. The molecule has 0 amide bonds. The standard InChI is InChI=1S/C36H33NO3/c1-3-39-35(38)36(20-21-36)32-18-16-30(17-19-32)29-12-14-31(15-13-29)34-33(25(2)37-40-34)24-28-11-7-10-27(23-28)22-26-8-5-4-6-9-26/h4-19,23H,3,20-22,24H2,1-2H3. The number of carbonyl (C=O) groups is 1. The van der Waals surface area contributed by atoms with Crippen LogP contribution in [0.2, 0.25) is 0 Å². The molecule has 40 heavy (non-hydrogen) atoms. The second kappa shape index (κ2) is 11.0. The van der Waals surface area contributed by atoms with E-state index in [1.54, 1.807) is 0 Å². The summed E-state index contributed by atoms with van der Waals surface area (Å²) in [5.41, 5.74) is 9.71. The first-order chi connectivity index (χ1) is 19.6. The third-order valence-corrected chi connectivity index (χ3v) is 7.94. The van der Waals surface area contributed by atoms with E-state index in [0.29, 0.717) is 6.61 Å².